The van der Waals surface area contributed by atoms with Crippen LogP contribution in [0.25, 0.3) is 5.69 Å². The first kappa shape index (κ1) is 32.4. The number of hydrogen-bond acceptors (Lipinski definition) is 6. The number of carbonyl (C=O) groups excluding carboxylic acids is 2. The number of benzene rings is 2. The van der Waals surface area contributed by atoms with E-state index in [9.17, 15) is 19.5 Å². The Hall–Kier alpha value is -3.51. The highest BCUT2D eigenvalue weighted by molar-refractivity contribution is 6.72. The molecule has 0 aliphatic carbocycles. The van der Waals surface area contributed by atoms with Gasteiger partial charge in [0.25, 0.3) is 11.5 Å². The van der Waals surface area contributed by atoms with E-state index in [2.05, 4.69) is 0 Å². The van der Waals surface area contributed by atoms with E-state index in [1.165, 1.54) is 11.7 Å². The molecule has 3 aromatic rings. The van der Waals surface area contributed by atoms with Crippen molar-refractivity contribution in [2.45, 2.75) is 69.1 Å². The number of carbonyl (C=O) groups is 2. The zero-order chi connectivity index (χ0) is 33.0. The number of rotatable bonds is 8. The highest BCUT2D eigenvalue weighted by Crippen LogP contribution is 2.60. The molecule has 46 heavy (non-hydrogen) atoms. The van der Waals surface area contributed by atoms with Crippen LogP contribution < -0.4 is 15.2 Å². The summed E-state index contributed by atoms with van der Waals surface area (Å²) in [6, 6.07) is 15.6. The highest BCUT2D eigenvalue weighted by Gasteiger charge is 2.67. The summed E-state index contributed by atoms with van der Waals surface area (Å²) in [5, 5.41) is 10.2. The van der Waals surface area contributed by atoms with E-state index < -0.39 is 31.6 Å². The molecule has 1 aromatic heterocycles. The second-order valence-corrected chi connectivity index (χ2v) is 17.2. The summed E-state index contributed by atoms with van der Waals surface area (Å²) >= 11 is 6.49. The Morgan fingerprint density at radius 3 is 2.59 bits per heavy atom. The van der Waals surface area contributed by atoms with Gasteiger partial charge in [-0.05, 0) is 74.0 Å². The zero-order valence-electron chi connectivity index (χ0n) is 26.4. The van der Waals surface area contributed by atoms with Crippen LogP contribution in [0.4, 0.5) is 9.80 Å². The maximum atomic E-state index is 16.2. The van der Waals surface area contributed by atoms with Gasteiger partial charge in [-0.1, -0.05) is 30.7 Å². The Morgan fingerprint density at radius 2 is 1.91 bits per heavy atom. The van der Waals surface area contributed by atoms with Gasteiger partial charge in [-0.2, -0.15) is 0 Å². The lowest BCUT2D eigenvalue weighted by atomic mass is 9.82. The number of aliphatic hydroxyl groups excluding tert-OH is 1. The molecule has 5 atom stereocenters. The van der Waals surface area contributed by atoms with Gasteiger partial charge in [0, 0.05) is 40.5 Å². The molecule has 1 N–H and O–H groups in total. The Morgan fingerprint density at radius 1 is 1.17 bits per heavy atom. The average molecular weight is 668 g/mol. The quantitative estimate of drug-likeness (QED) is 0.262. The summed E-state index contributed by atoms with van der Waals surface area (Å²) in [4.78, 5) is 44.2. The number of hydrogen-bond donors (Lipinski definition) is 1. The van der Waals surface area contributed by atoms with Crippen LogP contribution in [-0.2, 0) is 26.5 Å². The molecular weight excluding hydrogens is 629 g/mol. The number of anilines is 1. The predicted molar refractivity (Wildman–Crippen MR) is 176 cm³/mol. The molecule has 0 radical (unpaired) electrons. The lowest BCUT2D eigenvalue weighted by Crippen LogP contribution is -2.45. The second kappa shape index (κ2) is 12.3. The Balaban J connectivity index is 1.33. The first-order chi connectivity index (χ1) is 21.9. The van der Waals surface area contributed by atoms with Crippen molar-refractivity contribution < 1.29 is 28.3 Å². The van der Waals surface area contributed by atoms with Gasteiger partial charge in [0.1, 0.15) is 0 Å². The number of fused-ring (bicyclic) bond motifs is 2. The van der Waals surface area contributed by atoms with Crippen molar-refractivity contribution in [3.05, 3.63) is 87.3 Å². The molecule has 244 valence electrons. The van der Waals surface area contributed by atoms with Gasteiger partial charge in [0.05, 0.1) is 44.5 Å². The molecule has 2 amide bonds. The molecule has 0 bridgehead atoms. The van der Waals surface area contributed by atoms with Gasteiger partial charge in [-0.15, -0.1) is 0 Å². The van der Waals surface area contributed by atoms with Gasteiger partial charge in [0.15, 0.2) is 11.4 Å². The number of halogens is 2. The minimum Gasteiger partial charge on any atom is -0.491 e. The summed E-state index contributed by atoms with van der Waals surface area (Å²) in [5.41, 5.74) is 0.214. The first-order valence-corrected chi connectivity index (χ1v) is 19.0. The third-order valence-electron chi connectivity index (χ3n) is 9.89. The molecule has 2 fully saturated rings. The minimum absolute atomic E-state index is 0.0676. The van der Waals surface area contributed by atoms with Crippen LogP contribution in [0.2, 0.25) is 23.7 Å². The summed E-state index contributed by atoms with van der Waals surface area (Å²) in [7, 11) is -2.02. The number of nitrogens with zero attached hydrogens (tertiary/aromatic N) is 3. The highest BCUT2D eigenvalue weighted by atomic mass is 35.5. The largest absolute Gasteiger partial charge is 0.491 e. The third kappa shape index (κ3) is 5.36. The summed E-state index contributed by atoms with van der Waals surface area (Å²) in [5.74, 6) is -0.857. The second-order valence-electron chi connectivity index (χ2n) is 13.0. The van der Waals surface area contributed by atoms with Crippen molar-refractivity contribution in [2.24, 2.45) is 5.92 Å². The van der Waals surface area contributed by atoms with Gasteiger partial charge in [-0.25, -0.2) is 0 Å². The Bertz CT molecular complexity index is 1710. The lowest BCUT2D eigenvalue weighted by Gasteiger charge is -2.31. The van der Waals surface area contributed by atoms with Crippen molar-refractivity contribution in [1.82, 2.24) is 9.47 Å². The van der Waals surface area contributed by atoms with E-state index in [0.29, 0.717) is 28.5 Å². The molecule has 3 aliphatic heterocycles. The van der Waals surface area contributed by atoms with Crippen LogP contribution >= 0.6 is 11.6 Å². The molecule has 4 heterocycles. The van der Waals surface area contributed by atoms with Crippen molar-refractivity contribution >= 4 is 37.5 Å². The van der Waals surface area contributed by atoms with Crippen molar-refractivity contribution in [3.63, 3.8) is 0 Å². The Kier molecular flexibility index (Phi) is 8.64. The van der Waals surface area contributed by atoms with E-state index in [1.807, 2.05) is 19.1 Å². The van der Waals surface area contributed by atoms with E-state index in [-0.39, 0.29) is 48.7 Å². The number of aliphatic hydroxyl groups is 1. The minimum atomic E-state index is -3.47. The summed E-state index contributed by atoms with van der Waals surface area (Å²) in [6.07, 6.45) is 2.30. The van der Waals surface area contributed by atoms with Gasteiger partial charge < -0.3 is 28.5 Å². The van der Waals surface area contributed by atoms with Gasteiger partial charge in [-0.3, -0.25) is 19.0 Å². The van der Waals surface area contributed by atoms with Crippen molar-refractivity contribution in [2.75, 3.05) is 25.2 Å². The molecule has 9 nitrogen and oxygen atoms in total. The number of aromatic nitrogens is 1. The molecule has 1 spiro atoms. The predicted octanol–water partition coefficient (Wildman–Crippen LogP) is 5.19. The molecule has 0 unspecified atom stereocenters. The van der Waals surface area contributed by atoms with Crippen LogP contribution in [0.5, 0.6) is 5.75 Å². The van der Waals surface area contributed by atoms with E-state index in [0.717, 1.165) is 18.4 Å². The van der Waals surface area contributed by atoms with Crippen LogP contribution in [0, 0.1) is 5.92 Å². The molecule has 12 heteroatoms. The number of pyridine rings is 1. The standard InChI is InChI=1S/C34H39ClFN3O6Si/c1-21-31(46(3,4)36)29(18-30(41)37-15-5-7-25(37)20-40)45-34(21)26-17-23(35)11-14-27(26)39(33(34)43)19-22-9-12-24(13-10-22)38-16-6-8-28(44-2)32(38)42/h6,8-14,16-17,21,25,29,31,40H,5,7,15,18-20H2,1-4H3/t21-,25+,29+,31-,34+/m1/s1. The fourth-order valence-electron chi connectivity index (χ4n) is 7.80. The fraction of sp³-hybridized carbons (Fsp3) is 0.441. The molecular formula is C34H39ClFN3O6Si. The third-order valence-corrected chi connectivity index (χ3v) is 12.6. The van der Waals surface area contributed by atoms with Crippen LogP contribution in [-0.4, -0.2) is 67.2 Å². The normalized spacial score (nSPS) is 25.8. The number of likely N-dealkylation sites (tertiary alicyclic amines) is 1. The number of ether oxygens (including phenoxy) is 2. The molecule has 0 saturated carbocycles. The van der Waals surface area contributed by atoms with Crippen LogP contribution in [0.1, 0.15) is 37.3 Å². The number of amides is 2. The summed E-state index contributed by atoms with van der Waals surface area (Å²) < 4.78 is 29.6. The maximum absolute atomic E-state index is 16.2. The molecule has 6 rings (SSSR count). The number of methoxy groups -OCH3 is 1. The van der Waals surface area contributed by atoms with Crippen LogP contribution in [0.15, 0.2) is 65.6 Å². The molecule has 2 saturated heterocycles. The van der Waals surface area contributed by atoms with Gasteiger partial charge in [0.2, 0.25) is 14.3 Å². The molecule has 2 aromatic carbocycles. The van der Waals surface area contributed by atoms with Crippen LogP contribution in [0.3, 0.4) is 0 Å². The SMILES string of the molecule is COc1cccn(-c2ccc(CN3C(=O)[C@@]4(O[C@@H](CC(=O)N5CCC[C@H]5CO)[C@H]([Si](C)(C)F)[C@H]4C)c4cc(Cl)ccc43)cc2)c1=O. The maximum Gasteiger partial charge on any atom is 0.297 e. The fourth-order valence-corrected chi connectivity index (χ4v) is 10.5. The average Bonchev–Trinajstić information content (AvgIpc) is 3.68. The smallest absolute Gasteiger partial charge is 0.297 e. The van der Waals surface area contributed by atoms with Crippen molar-refractivity contribution in [3.8, 4) is 11.4 Å². The zero-order valence-corrected chi connectivity index (χ0v) is 28.2. The van der Waals surface area contributed by atoms with Crippen molar-refractivity contribution in [1.29, 1.82) is 0 Å². The first-order valence-electron chi connectivity index (χ1n) is 15.6. The monoisotopic (exact) mass is 667 g/mol. The Labute approximate surface area is 273 Å². The summed E-state index contributed by atoms with van der Waals surface area (Å²) in [6.45, 7) is 5.67. The van der Waals surface area contributed by atoms with Gasteiger partial charge >= 0.3 is 0 Å². The molecule has 3 aliphatic rings. The topological polar surface area (TPSA) is 101 Å². The van der Waals surface area contributed by atoms with E-state index in [1.54, 1.807) is 71.6 Å². The van der Waals surface area contributed by atoms with E-state index in [4.69, 9.17) is 21.1 Å². The van der Waals surface area contributed by atoms with E-state index >= 15 is 4.11 Å². The lowest BCUT2D eigenvalue weighted by molar-refractivity contribution is -0.150.